The SMILES string of the molecule is COCCN1C(=S)NC(c2ccccn2)C1c1ccc(-c2ccc(C(=O)O)cc2)o1. The first-order valence-electron chi connectivity index (χ1n) is 9.49. The average molecular weight is 423 g/mol. The molecule has 1 aliphatic heterocycles. The summed E-state index contributed by atoms with van der Waals surface area (Å²) in [5.74, 6) is 0.442. The Bertz CT molecular complexity index is 1040. The van der Waals surface area contributed by atoms with Crippen LogP contribution >= 0.6 is 12.2 Å². The molecule has 0 aliphatic carbocycles. The molecule has 0 amide bonds. The summed E-state index contributed by atoms with van der Waals surface area (Å²) in [5, 5.41) is 13.1. The molecule has 2 aromatic heterocycles. The number of ether oxygens (including phenoxy) is 1. The van der Waals surface area contributed by atoms with E-state index in [2.05, 4.69) is 10.3 Å². The topological polar surface area (TPSA) is 87.8 Å². The fourth-order valence-corrected chi connectivity index (χ4v) is 3.92. The molecule has 8 heteroatoms. The highest BCUT2D eigenvalue weighted by molar-refractivity contribution is 7.80. The normalized spacial score (nSPS) is 18.4. The number of rotatable bonds is 7. The number of methoxy groups -OCH3 is 1. The van der Waals surface area contributed by atoms with Crippen LogP contribution < -0.4 is 5.32 Å². The maximum absolute atomic E-state index is 11.1. The fourth-order valence-electron chi connectivity index (χ4n) is 3.59. The van der Waals surface area contributed by atoms with Gasteiger partial charge in [0.15, 0.2) is 5.11 Å². The lowest BCUT2D eigenvalue weighted by molar-refractivity contribution is 0.0697. The number of thiocarbonyl (C=S) groups is 1. The van der Waals surface area contributed by atoms with E-state index >= 15 is 0 Å². The van der Waals surface area contributed by atoms with Gasteiger partial charge < -0.3 is 24.5 Å². The van der Waals surface area contributed by atoms with Gasteiger partial charge in [0.2, 0.25) is 0 Å². The Morgan fingerprint density at radius 1 is 1.23 bits per heavy atom. The Labute approximate surface area is 179 Å². The quantitative estimate of drug-likeness (QED) is 0.557. The fraction of sp³-hybridized carbons (Fsp3) is 0.227. The number of nitrogens with zero attached hydrogens (tertiary/aromatic N) is 2. The number of nitrogens with one attached hydrogen (secondary N) is 1. The Morgan fingerprint density at radius 3 is 2.70 bits per heavy atom. The molecule has 154 valence electrons. The highest BCUT2D eigenvalue weighted by Gasteiger charge is 2.41. The molecule has 1 aliphatic rings. The van der Waals surface area contributed by atoms with E-state index in [4.69, 9.17) is 26.5 Å². The summed E-state index contributed by atoms with van der Waals surface area (Å²) in [6.07, 6.45) is 1.76. The number of carbonyl (C=O) groups is 1. The van der Waals surface area contributed by atoms with Gasteiger partial charge in [-0.15, -0.1) is 0 Å². The van der Waals surface area contributed by atoms with Crippen molar-refractivity contribution in [2.45, 2.75) is 12.1 Å². The van der Waals surface area contributed by atoms with Crippen LogP contribution in [-0.2, 0) is 4.74 Å². The molecule has 4 rings (SSSR count). The van der Waals surface area contributed by atoms with E-state index in [1.807, 2.05) is 35.2 Å². The van der Waals surface area contributed by atoms with Crippen LogP contribution in [0.1, 0.15) is 33.9 Å². The van der Waals surface area contributed by atoms with Crippen LogP contribution in [0.25, 0.3) is 11.3 Å². The van der Waals surface area contributed by atoms with Gasteiger partial charge in [-0.1, -0.05) is 18.2 Å². The largest absolute Gasteiger partial charge is 0.478 e. The minimum absolute atomic E-state index is 0.163. The molecule has 30 heavy (non-hydrogen) atoms. The summed E-state index contributed by atoms with van der Waals surface area (Å²) >= 11 is 5.58. The summed E-state index contributed by atoms with van der Waals surface area (Å²) in [6, 6.07) is 15.8. The summed E-state index contributed by atoms with van der Waals surface area (Å²) in [5.41, 5.74) is 1.91. The van der Waals surface area contributed by atoms with Gasteiger partial charge in [0.1, 0.15) is 17.6 Å². The van der Waals surface area contributed by atoms with Gasteiger partial charge in [-0.3, -0.25) is 4.98 Å². The molecule has 0 radical (unpaired) electrons. The molecule has 0 spiro atoms. The zero-order valence-corrected chi connectivity index (χ0v) is 17.1. The van der Waals surface area contributed by atoms with Crippen LogP contribution in [0.15, 0.2) is 65.2 Å². The summed E-state index contributed by atoms with van der Waals surface area (Å²) < 4.78 is 11.5. The van der Waals surface area contributed by atoms with Crippen LogP contribution in [0, 0.1) is 0 Å². The average Bonchev–Trinajstić information content (AvgIpc) is 3.37. The molecule has 3 aromatic rings. The Hall–Kier alpha value is -3.23. The van der Waals surface area contributed by atoms with Gasteiger partial charge in [-0.2, -0.15) is 0 Å². The van der Waals surface area contributed by atoms with E-state index in [1.54, 1.807) is 37.6 Å². The lowest BCUT2D eigenvalue weighted by atomic mass is 10.0. The Balaban J connectivity index is 1.67. The van der Waals surface area contributed by atoms with Crippen LogP contribution in [-0.4, -0.2) is 46.3 Å². The molecule has 2 atom stereocenters. The van der Waals surface area contributed by atoms with Gasteiger partial charge in [-0.25, -0.2) is 4.79 Å². The first-order valence-corrected chi connectivity index (χ1v) is 9.90. The minimum Gasteiger partial charge on any atom is -0.478 e. The van der Waals surface area contributed by atoms with E-state index in [0.29, 0.717) is 24.0 Å². The summed E-state index contributed by atoms with van der Waals surface area (Å²) in [7, 11) is 1.66. The number of benzene rings is 1. The summed E-state index contributed by atoms with van der Waals surface area (Å²) in [4.78, 5) is 17.6. The first kappa shape index (κ1) is 20.1. The van der Waals surface area contributed by atoms with Crippen LogP contribution in [0.5, 0.6) is 0 Å². The van der Waals surface area contributed by atoms with Crippen LogP contribution in [0.2, 0.25) is 0 Å². The predicted octanol–water partition coefficient (Wildman–Crippen LogP) is 3.66. The minimum atomic E-state index is -0.959. The standard InChI is InChI=1S/C22H21N3O4S/c1-28-13-12-25-20(19(24-22(25)30)16-4-2-3-11-23-16)18-10-9-17(29-18)14-5-7-15(8-6-14)21(26)27/h2-11,19-20H,12-13H2,1H3,(H,24,30)(H,26,27). The molecular formula is C22H21N3O4S. The van der Waals surface area contributed by atoms with Crippen molar-refractivity contribution in [2.24, 2.45) is 0 Å². The third-order valence-corrected chi connectivity index (χ3v) is 5.42. The number of hydrogen-bond donors (Lipinski definition) is 2. The molecule has 0 bridgehead atoms. The second-order valence-electron chi connectivity index (χ2n) is 6.90. The maximum atomic E-state index is 11.1. The van der Waals surface area contributed by atoms with E-state index in [-0.39, 0.29) is 17.6 Å². The number of carboxylic acid groups (broad SMARTS) is 1. The lowest BCUT2D eigenvalue weighted by Crippen LogP contribution is -2.32. The second-order valence-corrected chi connectivity index (χ2v) is 7.28. The van der Waals surface area contributed by atoms with Crippen LogP contribution in [0.3, 0.4) is 0 Å². The molecule has 7 nitrogen and oxygen atoms in total. The van der Waals surface area contributed by atoms with E-state index in [0.717, 1.165) is 17.0 Å². The van der Waals surface area contributed by atoms with Crippen molar-refractivity contribution >= 4 is 23.3 Å². The number of pyridine rings is 1. The Morgan fingerprint density at radius 2 is 2.03 bits per heavy atom. The smallest absolute Gasteiger partial charge is 0.335 e. The van der Waals surface area contributed by atoms with Crippen molar-refractivity contribution in [3.63, 3.8) is 0 Å². The highest BCUT2D eigenvalue weighted by Crippen LogP contribution is 2.40. The number of hydrogen-bond acceptors (Lipinski definition) is 5. The van der Waals surface area contributed by atoms with Gasteiger partial charge in [0, 0.05) is 25.4 Å². The first-order chi connectivity index (χ1) is 14.6. The number of carboxylic acids is 1. The van der Waals surface area contributed by atoms with Crippen molar-refractivity contribution in [1.82, 2.24) is 15.2 Å². The van der Waals surface area contributed by atoms with Gasteiger partial charge in [-0.05, 0) is 48.6 Å². The molecule has 2 N–H and O–H groups in total. The van der Waals surface area contributed by atoms with Crippen molar-refractivity contribution in [3.8, 4) is 11.3 Å². The van der Waals surface area contributed by atoms with Gasteiger partial charge in [0.25, 0.3) is 0 Å². The van der Waals surface area contributed by atoms with Gasteiger partial charge in [0.05, 0.1) is 23.9 Å². The number of aromatic carboxylic acids is 1. The predicted molar refractivity (Wildman–Crippen MR) is 115 cm³/mol. The highest BCUT2D eigenvalue weighted by atomic mass is 32.1. The maximum Gasteiger partial charge on any atom is 0.335 e. The van der Waals surface area contributed by atoms with Crippen molar-refractivity contribution in [3.05, 3.63) is 77.8 Å². The zero-order valence-electron chi connectivity index (χ0n) is 16.3. The zero-order chi connectivity index (χ0) is 21.1. The number of aromatic nitrogens is 1. The van der Waals surface area contributed by atoms with Crippen molar-refractivity contribution in [2.75, 3.05) is 20.3 Å². The van der Waals surface area contributed by atoms with E-state index in [1.165, 1.54) is 0 Å². The van der Waals surface area contributed by atoms with Gasteiger partial charge >= 0.3 is 5.97 Å². The monoisotopic (exact) mass is 423 g/mol. The van der Waals surface area contributed by atoms with E-state index < -0.39 is 5.97 Å². The summed E-state index contributed by atoms with van der Waals surface area (Å²) in [6.45, 7) is 1.14. The molecule has 1 fully saturated rings. The lowest BCUT2D eigenvalue weighted by Gasteiger charge is -2.25. The molecule has 3 heterocycles. The molecule has 1 aromatic carbocycles. The van der Waals surface area contributed by atoms with Crippen LogP contribution in [0.4, 0.5) is 0 Å². The molecule has 1 saturated heterocycles. The molecule has 2 unspecified atom stereocenters. The van der Waals surface area contributed by atoms with Crippen molar-refractivity contribution < 1.29 is 19.1 Å². The third-order valence-electron chi connectivity index (χ3n) is 5.07. The second kappa shape index (κ2) is 8.64. The molecule has 0 saturated carbocycles. The molecular weight excluding hydrogens is 402 g/mol. The van der Waals surface area contributed by atoms with Crippen molar-refractivity contribution in [1.29, 1.82) is 0 Å². The number of furan rings is 1. The third kappa shape index (κ3) is 3.92. The van der Waals surface area contributed by atoms with E-state index in [9.17, 15) is 4.79 Å². The Kier molecular flexibility index (Phi) is 5.78.